The first-order chi connectivity index (χ1) is 13.9. The van der Waals surface area contributed by atoms with Crippen molar-refractivity contribution in [2.75, 3.05) is 31.5 Å². The summed E-state index contributed by atoms with van der Waals surface area (Å²) in [6.07, 6.45) is 1.38. The highest BCUT2D eigenvalue weighted by atomic mass is 32.2. The first kappa shape index (κ1) is 22.0. The van der Waals surface area contributed by atoms with Crippen molar-refractivity contribution >= 4 is 33.0 Å². The zero-order chi connectivity index (χ0) is 20.9. The van der Waals surface area contributed by atoms with E-state index in [2.05, 4.69) is 24.1 Å². The molecule has 158 valence electrons. The van der Waals surface area contributed by atoms with E-state index < -0.39 is 10.0 Å². The lowest BCUT2D eigenvalue weighted by atomic mass is 9.98. The van der Waals surface area contributed by atoms with Gasteiger partial charge in [-0.3, -0.25) is 9.69 Å². The minimum absolute atomic E-state index is 0.118. The van der Waals surface area contributed by atoms with Crippen molar-refractivity contribution in [1.29, 1.82) is 0 Å². The Labute approximate surface area is 177 Å². The molecule has 0 aliphatic carbocycles. The molecular weight excluding hydrogens is 406 g/mol. The van der Waals surface area contributed by atoms with Gasteiger partial charge in [-0.1, -0.05) is 32.0 Å². The number of amides is 1. The van der Waals surface area contributed by atoms with Gasteiger partial charge in [-0.25, -0.2) is 8.42 Å². The van der Waals surface area contributed by atoms with Gasteiger partial charge in [0.05, 0.1) is 5.92 Å². The molecule has 6 nitrogen and oxygen atoms in total. The topological polar surface area (TPSA) is 69.7 Å². The average molecular weight is 436 g/mol. The van der Waals surface area contributed by atoms with Crippen LogP contribution < -0.4 is 5.32 Å². The number of hydrogen-bond donors (Lipinski definition) is 1. The number of piperidine rings is 1. The normalized spacial score (nSPS) is 18.1. The third kappa shape index (κ3) is 5.45. The maximum atomic E-state index is 12.8. The molecule has 1 atom stereocenters. The maximum Gasteiger partial charge on any atom is 0.252 e. The molecule has 1 aliphatic rings. The third-order valence-electron chi connectivity index (χ3n) is 5.37. The van der Waals surface area contributed by atoms with Gasteiger partial charge in [0.2, 0.25) is 5.91 Å². The van der Waals surface area contributed by atoms with Gasteiger partial charge >= 0.3 is 0 Å². The van der Waals surface area contributed by atoms with Crippen LogP contribution in [0.3, 0.4) is 0 Å². The molecule has 0 unspecified atom stereocenters. The lowest BCUT2D eigenvalue weighted by Crippen LogP contribution is -2.43. The summed E-state index contributed by atoms with van der Waals surface area (Å²) < 4.78 is 27.3. The zero-order valence-corrected chi connectivity index (χ0v) is 18.6. The largest absolute Gasteiger partial charge is 0.326 e. The Kier molecular flexibility index (Phi) is 7.45. The van der Waals surface area contributed by atoms with Crippen molar-refractivity contribution in [3.05, 3.63) is 47.3 Å². The highest BCUT2D eigenvalue weighted by Gasteiger charge is 2.33. The predicted molar refractivity (Wildman–Crippen MR) is 117 cm³/mol. The number of thiophene rings is 1. The molecule has 8 heteroatoms. The van der Waals surface area contributed by atoms with Crippen molar-refractivity contribution in [2.24, 2.45) is 5.92 Å². The Morgan fingerprint density at radius 1 is 1.21 bits per heavy atom. The number of anilines is 1. The van der Waals surface area contributed by atoms with Crippen molar-refractivity contribution in [1.82, 2.24) is 9.21 Å². The Morgan fingerprint density at radius 2 is 1.93 bits per heavy atom. The number of rotatable bonds is 8. The van der Waals surface area contributed by atoms with Crippen LogP contribution in [0.2, 0.25) is 0 Å². The number of carbonyl (C=O) groups is 1. The summed E-state index contributed by atoms with van der Waals surface area (Å²) in [6, 6.07) is 11.2. The van der Waals surface area contributed by atoms with Gasteiger partial charge in [0.25, 0.3) is 10.0 Å². The van der Waals surface area contributed by atoms with Crippen LogP contribution in [0.15, 0.2) is 46.0 Å². The van der Waals surface area contributed by atoms with Crippen molar-refractivity contribution in [3.8, 4) is 0 Å². The zero-order valence-electron chi connectivity index (χ0n) is 17.0. The molecule has 0 bridgehead atoms. The lowest BCUT2D eigenvalue weighted by Gasteiger charge is -2.30. The maximum absolute atomic E-state index is 12.8. The number of nitrogens with one attached hydrogen (secondary N) is 1. The van der Waals surface area contributed by atoms with Crippen LogP contribution in [0.1, 0.15) is 32.3 Å². The van der Waals surface area contributed by atoms with E-state index in [0.717, 1.165) is 25.3 Å². The molecule has 1 aromatic heterocycles. The monoisotopic (exact) mass is 435 g/mol. The van der Waals surface area contributed by atoms with E-state index in [0.29, 0.717) is 23.6 Å². The van der Waals surface area contributed by atoms with E-state index in [-0.39, 0.29) is 18.4 Å². The first-order valence-corrected chi connectivity index (χ1v) is 12.4. The number of carbonyl (C=O) groups excluding carboxylic acids is 1. The van der Waals surface area contributed by atoms with Gasteiger partial charge in [-0.05, 0) is 55.1 Å². The molecule has 29 heavy (non-hydrogen) atoms. The van der Waals surface area contributed by atoms with Gasteiger partial charge in [-0.2, -0.15) is 4.31 Å². The van der Waals surface area contributed by atoms with Crippen LogP contribution >= 0.6 is 11.3 Å². The van der Waals surface area contributed by atoms with Crippen LogP contribution in [0.25, 0.3) is 0 Å². The molecule has 1 aromatic carbocycles. The van der Waals surface area contributed by atoms with Crippen molar-refractivity contribution in [2.45, 2.75) is 37.4 Å². The van der Waals surface area contributed by atoms with E-state index in [1.807, 2.05) is 24.3 Å². The van der Waals surface area contributed by atoms with Gasteiger partial charge in [-0.15, -0.1) is 11.3 Å². The number of hydrogen-bond acceptors (Lipinski definition) is 5. The predicted octanol–water partition coefficient (Wildman–Crippen LogP) is 3.63. The molecule has 1 saturated heterocycles. The van der Waals surface area contributed by atoms with Gasteiger partial charge < -0.3 is 5.32 Å². The molecule has 3 rings (SSSR count). The van der Waals surface area contributed by atoms with Gasteiger partial charge in [0.1, 0.15) is 4.21 Å². The fraction of sp³-hybridized carbons (Fsp3) is 0.476. The number of sulfonamides is 1. The van der Waals surface area contributed by atoms with Gasteiger partial charge in [0.15, 0.2) is 0 Å². The summed E-state index contributed by atoms with van der Waals surface area (Å²) in [5.41, 5.74) is 1.95. The molecule has 1 amide bonds. The smallest absolute Gasteiger partial charge is 0.252 e. The van der Waals surface area contributed by atoms with Crippen molar-refractivity contribution in [3.63, 3.8) is 0 Å². The van der Waals surface area contributed by atoms with Crippen LogP contribution in [0, 0.1) is 5.92 Å². The van der Waals surface area contributed by atoms with Crippen LogP contribution in [0.5, 0.6) is 0 Å². The Morgan fingerprint density at radius 3 is 2.55 bits per heavy atom. The van der Waals surface area contributed by atoms with Crippen LogP contribution in [-0.2, 0) is 21.4 Å². The molecule has 2 aromatic rings. The van der Waals surface area contributed by atoms with Crippen molar-refractivity contribution < 1.29 is 13.2 Å². The second kappa shape index (κ2) is 9.84. The SMILES string of the molecule is CCN(CC)Cc1ccc(NC(=O)[C@@H]2CCCN(S(=O)(=O)c3cccs3)C2)cc1. The van der Waals surface area contributed by atoms with Gasteiger partial charge in [0, 0.05) is 25.3 Å². The minimum atomic E-state index is -3.51. The lowest BCUT2D eigenvalue weighted by molar-refractivity contribution is -0.120. The van der Waals surface area contributed by atoms with Crippen LogP contribution in [-0.4, -0.2) is 49.7 Å². The van der Waals surface area contributed by atoms with E-state index in [4.69, 9.17) is 0 Å². The Hall–Kier alpha value is -1.74. The summed E-state index contributed by atoms with van der Waals surface area (Å²) in [5.74, 6) is -0.457. The molecule has 0 radical (unpaired) electrons. The number of nitrogens with zero attached hydrogens (tertiary/aromatic N) is 2. The standard InChI is InChI=1S/C21H29N3O3S2/c1-3-23(4-2)15-17-9-11-19(12-10-17)22-21(25)18-7-5-13-24(16-18)29(26,27)20-8-6-14-28-20/h6,8-12,14,18H,3-5,7,13,15-16H2,1-2H3,(H,22,25)/t18-/m1/s1. The summed E-state index contributed by atoms with van der Waals surface area (Å²) >= 11 is 1.21. The Bertz CT molecular complexity index is 892. The summed E-state index contributed by atoms with van der Waals surface area (Å²) in [6.45, 7) is 7.87. The summed E-state index contributed by atoms with van der Waals surface area (Å²) in [4.78, 5) is 15.1. The van der Waals surface area contributed by atoms with E-state index in [1.165, 1.54) is 21.2 Å². The second-order valence-corrected chi connectivity index (χ2v) is 10.4. The minimum Gasteiger partial charge on any atom is -0.326 e. The molecule has 1 fully saturated rings. The summed E-state index contributed by atoms with van der Waals surface area (Å²) in [7, 11) is -3.51. The average Bonchev–Trinajstić information content (AvgIpc) is 3.29. The van der Waals surface area contributed by atoms with E-state index in [1.54, 1.807) is 17.5 Å². The molecule has 1 N–H and O–H groups in total. The van der Waals surface area contributed by atoms with E-state index in [9.17, 15) is 13.2 Å². The first-order valence-electron chi connectivity index (χ1n) is 10.1. The molecular formula is C21H29N3O3S2. The molecule has 0 saturated carbocycles. The summed E-state index contributed by atoms with van der Waals surface area (Å²) in [5, 5.41) is 4.71. The molecule has 2 heterocycles. The second-order valence-electron chi connectivity index (χ2n) is 7.28. The Balaban J connectivity index is 1.60. The number of benzene rings is 1. The fourth-order valence-electron chi connectivity index (χ4n) is 3.56. The highest BCUT2D eigenvalue weighted by molar-refractivity contribution is 7.91. The quantitative estimate of drug-likeness (QED) is 0.687. The molecule has 1 aliphatic heterocycles. The fourth-order valence-corrected chi connectivity index (χ4v) is 6.22. The van der Waals surface area contributed by atoms with Crippen LogP contribution in [0.4, 0.5) is 5.69 Å². The van der Waals surface area contributed by atoms with E-state index >= 15 is 0 Å². The molecule has 0 spiro atoms. The third-order valence-corrected chi connectivity index (χ3v) is 8.60. The highest BCUT2D eigenvalue weighted by Crippen LogP contribution is 2.27.